The first-order valence-electron chi connectivity index (χ1n) is 16.4. The van der Waals surface area contributed by atoms with E-state index in [0.29, 0.717) is 29.5 Å². The summed E-state index contributed by atoms with van der Waals surface area (Å²) in [5.74, 6) is 0.735. The molecule has 6 aromatic rings. The van der Waals surface area contributed by atoms with Crippen LogP contribution in [-0.2, 0) is 19.1 Å². The Morgan fingerprint density at radius 2 is 1.36 bits per heavy atom. The van der Waals surface area contributed by atoms with Gasteiger partial charge in [-0.3, -0.25) is 14.0 Å². The fourth-order valence-corrected chi connectivity index (χ4v) is 7.74. The van der Waals surface area contributed by atoms with Crippen molar-refractivity contribution in [2.75, 3.05) is 47.8 Å². The van der Waals surface area contributed by atoms with E-state index in [1.54, 1.807) is 0 Å². The SMILES string of the molecule is CN(CN1C2=C(C(=O)OC2)C(c2ccc(N)cc2)n2c1nc1ccccc12)c1ccc(C2C3=C(COC3=O)Nc3nc4ccccc4n32)cc1. The summed E-state index contributed by atoms with van der Waals surface area (Å²) in [6.07, 6.45) is 0. The zero-order valence-corrected chi connectivity index (χ0v) is 26.9. The number of esters is 2. The smallest absolute Gasteiger partial charge is 0.338 e. The number of nitrogens with two attached hydrogens (primary N) is 1. The molecule has 2 unspecified atom stereocenters. The molecule has 10 rings (SSSR count). The standard InChI is InChI=1S/C38H30N8O4/c1-43(24-16-12-22(13-17-24)33-31-27(18-49-35(31)47)41-37-40-25-6-2-4-8-28(25)45(33)37)20-44-30-19-50-36(48)32(30)34(21-10-14-23(39)15-11-21)46-29-9-5-3-7-26(29)42-38(44)46/h2-17,33-34H,18-20,39H2,1H3,(H,40,41). The third-order valence-electron chi connectivity index (χ3n) is 10.1. The van der Waals surface area contributed by atoms with Gasteiger partial charge in [0.15, 0.2) is 0 Å². The molecule has 0 saturated carbocycles. The van der Waals surface area contributed by atoms with Crippen LogP contribution >= 0.6 is 0 Å². The second-order valence-corrected chi connectivity index (χ2v) is 12.9. The number of aromatic nitrogens is 4. The topological polar surface area (TPSA) is 133 Å². The normalized spacial score (nSPS) is 19.3. The highest BCUT2D eigenvalue weighted by Gasteiger charge is 2.44. The van der Waals surface area contributed by atoms with Gasteiger partial charge in [0.25, 0.3) is 0 Å². The van der Waals surface area contributed by atoms with Crippen LogP contribution in [0.25, 0.3) is 22.1 Å². The van der Waals surface area contributed by atoms with Gasteiger partial charge in [-0.1, -0.05) is 48.5 Å². The number of nitrogens with one attached hydrogen (secondary N) is 1. The summed E-state index contributed by atoms with van der Waals surface area (Å²) in [5.41, 5.74) is 15.7. The maximum Gasteiger partial charge on any atom is 0.338 e. The number of carbonyl (C=O) groups is 2. The minimum atomic E-state index is -0.417. The van der Waals surface area contributed by atoms with E-state index < -0.39 is 12.1 Å². The number of ether oxygens (including phenoxy) is 2. The molecule has 0 spiro atoms. The molecular weight excluding hydrogens is 632 g/mol. The molecule has 4 aliphatic rings. The lowest BCUT2D eigenvalue weighted by atomic mass is 9.95. The maximum atomic E-state index is 13.4. The highest BCUT2D eigenvalue weighted by molar-refractivity contribution is 5.97. The summed E-state index contributed by atoms with van der Waals surface area (Å²) in [6.45, 7) is 0.747. The molecule has 0 fully saturated rings. The Labute approximate surface area is 285 Å². The lowest BCUT2D eigenvalue weighted by Gasteiger charge is -2.37. The van der Waals surface area contributed by atoms with E-state index in [2.05, 4.69) is 24.3 Å². The summed E-state index contributed by atoms with van der Waals surface area (Å²) < 4.78 is 15.3. The van der Waals surface area contributed by atoms with Crippen molar-refractivity contribution in [3.63, 3.8) is 0 Å². The monoisotopic (exact) mass is 662 g/mol. The summed E-state index contributed by atoms with van der Waals surface area (Å²) in [5, 5.41) is 3.33. The average molecular weight is 663 g/mol. The molecule has 4 aliphatic heterocycles. The Bertz CT molecular complexity index is 2480. The number of nitrogen functional groups attached to an aromatic ring is 1. The van der Waals surface area contributed by atoms with E-state index in [9.17, 15) is 9.59 Å². The first kappa shape index (κ1) is 28.5. The number of hydrogen-bond donors (Lipinski definition) is 2. The minimum Gasteiger partial charge on any atom is -0.456 e. The molecule has 0 amide bonds. The van der Waals surface area contributed by atoms with Gasteiger partial charge < -0.3 is 25.4 Å². The van der Waals surface area contributed by atoms with Gasteiger partial charge in [0.2, 0.25) is 11.9 Å². The highest BCUT2D eigenvalue weighted by atomic mass is 16.5. The van der Waals surface area contributed by atoms with Gasteiger partial charge in [-0.2, -0.15) is 0 Å². The van der Waals surface area contributed by atoms with Crippen LogP contribution in [0.1, 0.15) is 23.2 Å². The fourth-order valence-electron chi connectivity index (χ4n) is 7.74. The predicted molar refractivity (Wildman–Crippen MR) is 188 cm³/mol. The molecule has 0 saturated heterocycles. The van der Waals surface area contributed by atoms with Gasteiger partial charge in [-0.05, 0) is 59.7 Å². The molecule has 4 aromatic carbocycles. The van der Waals surface area contributed by atoms with E-state index in [-0.39, 0.29) is 25.2 Å². The lowest BCUT2D eigenvalue weighted by Crippen LogP contribution is -2.41. The molecule has 2 aromatic heterocycles. The average Bonchev–Trinajstić information content (AvgIpc) is 3.91. The third kappa shape index (κ3) is 4.04. The molecule has 6 heterocycles. The Morgan fingerprint density at radius 3 is 2.10 bits per heavy atom. The van der Waals surface area contributed by atoms with E-state index in [4.69, 9.17) is 25.2 Å². The van der Waals surface area contributed by atoms with Crippen molar-refractivity contribution in [2.45, 2.75) is 12.1 Å². The number of anilines is 4. The third-order valence-corrected chi connectivity index (χ3v) is 10.1. The van der Waals surface area contributed by atoms with Crippen LogP contribution < -0.4 is 20.9 Å². The molecule has 50 heavy (non-hydrogen) atoms. The van der Waals surface area contributed by atoms with Crippen LogP contribution in [0.3, 0.4) is 0 Å². The number of rotatable bonds is 5. The Hall–Kier alpha value is -6.56. The summed E-state index contributed by atoms with van der Waals surface area (Å²) >= 11 is 0. The number of hydrogen-bond acceptors (Lipinski definition) is 10. The largest absolute Gasteiger partial charge is 0.456 e. The first-order valence-corrected chi connectivity index (χ1v) is 16.4. The van der Waals surface area contributed by atoms with Crippen molar-refractivity contribution in [3.8, 4) is 0 Å². The van der Waals surface area contributed by atoms with E-state index in [1.165, 1.54) is 0 Å². The molecule has 2 atom stereocenters. The first-order chi connectivity index (χ1) is 24.4. The van der Waals surface area contributed by atoms with Crippen LogP contribution in [0.4, 0.5) is 23.3 Å². The van der Waals surface area contributed by atoms with Crippen molar-refractivity contribution in [1.82, 2.24) is 19.1 Å². The number of cyclic esters (lactones) is 2. The Morgan fingerprint density at radius 1 is 0.760 bits per heavy atom. The van der Waals surface area contributed by atoms with Gasteiger partial charge in [0.1, 0.15) is 13.2 Å². The van der Waals surface area contributed by atoms with E-state index >= 15 is 0 Å². The number of fused-ring (bicyclic) bond motifs is 6. The van der Waals surface area contributed by atoms with Crippen molar-refractivity contribution in [3.05, 3.63) is 131 Å². The number of para-hydroxylation sites is 4. The highest BCUT2D eigenvalue weighted by Crippen LogP contribution is 2.45. The van der Waals surface area contributed by atoms with Crippen molar-refractivity contribution >= 4 is 57.3 Å². The van der Waals surface area contributed by atoms with Crippen LogP contribution in [0.2, 0.25) is 0 Å². The second-order valence-electron chi connectivity index (χ2n) is 12.9. The number of nitrogens with zero attached hydrogens (tertiary/aromatic N) is 6. The van der Waals surface area contributed by atoms with Crippen LogP contribution in [0, 0.1) is 0 Å². The quantitative estimate of drug-likeness (QED) is 0.190. The fraction of sp³-hybridized carbons (Fsp3) is 0.158. The predicted octanol–water partition coefficient (Wildman–Crippen LogP) is 5.11. The zero-order valence-electron chi connectivity index (χ0n) is 26.9. The van der Waals surface area contributed by atoms with Gasteiger partial charge in [0, 0.05) is 18.4 Å². The lowest BCUT2D eigenvalue weighted by molar-refractivity contribution is -0.137. The molecule has 0 bridgehead atoms. The van der Waals surface area contributed by atoms with Gasteiger partial charge in [-0.25, -0.2) is 19.6 Å². The number of benzene rings is 4. The van der Waals surface area contributed by atoms with Gasteiger partial charge in [-0.15, -0.1) is 0 Å². The minimum absolute atomic E-state index is 0.153. The van der Waals surface area contributed by atoms with Crippen LogP contribution in [0.15, 0.2) is 120 Å². The zero-order chi connectivity index (χ0) is 33.7. The Kier molecular flexibility index (Phi) is 5.96. The van der Waals surface area contributed by atoms with Crippen molar-refractivity contribution in [1.29, 1.82) is 0 Å². The molecule has 246 valence electrons. The van der Waals surface area contributed by atoms with Crippen LogP contribution in [-0.4, -0.2) is 58.0 Å². The summed E-state index contributed by atoms with van der Waals surface area (Å²) in [4.78, 5) is 40.6. The van der Waals surface area contributed by atoms with Crippen molar-refractivity contribution in [2.24, 2.45) is 0 Å². The van der Waals surface area contributed by atoms with Crippen molar-refractivity contribution < 1.29 is 19.1 Å². The Balaban J connectivity index is 1.03. The second kappa shape index (κ2) is 10.5. The summed E-state index contributed by atoms with van der Waals surface area (Å²) in [7, 11) is 2.01. The van der Waals surface area contributed by atoms with E-state index in [1.807, 2.05) is 104 Å². The number of carbonyl (C=O) groups excluding carboxylic acids is 2. The molecule has 0 aliphatic carbocycles. The van der Waals surface area contributed by atoms with Gasteiger partial charge in [0.05, 0.1) is 63.4 Å². The van der Waals surface area contributed by atoms with Crippen LogP contribution in [0.5, 0.6) is 0 Å². The molecule has 3 N–H and O–H groups in total. The van der Waals surface area contributed by atoms with E-state index in [0.717, 1.165) is 56.2 Å². The summed E-state index contributed by atoms with van der Waals surface area (Å²) in [6, 6.07) is 30.9. The maximum absolute atomic E-state index is 13.4. The van der Waals surface area contributed by atoms with Gasteiger partial charge >= 0.3 is 11.9 Å². The molecule has 12 nitrogen and oxygen atoms in total. The molecule has 0 radical (unpaired) electrons. The molecule has 12 heteroatoms. The molecular formula is C38H30N8O4. The number of imidazole rings is 2.